The summed E-state index contributed by atoms with van der Waals surface area (Å²) in [6.45, 7) is 2.87. The van der Waals surface area contributed by atoms with Crippen molar-refractivity contribution in [3.8, 4) is 17.2 Å². The van der Waals surface area contributed by atoms with Crippen LogP contribution in [0.1, 0.15) is 19.4 Å². The van der Waals surface area contributed by atoms with E-state index in [9.17, 15) is 28.6 Å². The van der Waals surface area contributed by atoms with Gasteiger partial charge in [0.1, 0.15) is 17.3 Å². The Labute approximate surface area is 211 Å². The molecule has 5 N–H and O–H groups in total. The summed E-state index contributed by atoms with van der Waals surface area (Å²) in [5.41, 5.74) is -0.343. The number of anilines is 1. The van der Waals surface area contributed by atoms with Crippen molar-refractivity contribution < 1.29 is 33.3 Å². The molecule has 3 rings (SSSR count). The fourth-order valence-electron chi connectivity index (χ4n) is 2.78. The normalized spacial score (nSPS) is 11.5. The average molecular weight is 514 g/mol. The molecular formula is C25H25F2N5O5. The molecule has 0 bridgehead atoms. The molecule has 194 valence electrons. The van der Waals surface area contributed by atoms with E-state index in [1.807, 2.05) is 0 Å². The van der Waals surface area contributed by atoms with Crippen LogP contribution < -0.4 is 20.7 Å². The van der Waals surface area contributed by atoms with Gasteiger partial charge in [-0.3, -0.25) is 20.1 Å². The molecule has 0 atom stereocenters. The molecule has 0 aliphatic heterocycles. The number of phenolic OH excluding ortho intramolecular Hbond substituents is 1. The van der Waals surface area contributed by atoms with Gasteiger partial charge in [0.05, 0.1) is 24.4 Å². The second-order valence-electron chi connectivity index (χ2n) is 8.54. The van der Waals surface area contributed by atoms with Crippen LogP contribution in [0.2, 0.25) is 0 Å². The molecule has 0 saturated carbocycles. The monoisotopic (exact) mass is 513 g/mol. The maximum absolute atomic E-state index is 14.7. The zero-order valence-corrected chi connectivity index (χ0v) is 20.0. The van der Waals surface area contributed by atoms with Crippen molar-refractivity contribution in [2.24, 2.45) is 10.4 Å². The number of aliphatic imine (C=N–C) groups is 1. The predicted octanol–water partition coefficient (Wildman–Crippen LogP) is 4.24. The molecule has 0 fully saturated rings. The van der Waals surface area contributed by atoms with Gasteiger partial charge in [0.2, 0.25) is 5.96 Å². The summed E-state index contributed by atoms with van der Waals surface area (Å²) in [5.74, 6) is -2.75. The Kier molecular flexibility index (Phi) is 8.56. The number of nitrogens with one attached hydrogen (secondary N) is 3. The van der Waals surface area contributed by atoms with E-state index in [-0.39, 0.29) is 42.0 Å². The van der Waals surface area contributed by atoms with Crippen molar-refractivity contribution in [3.63, 3.8) is 0 Å². The van der Waals surface area contributed by atoms with Crippen molar-refractivity contribution in [2.45, 2.75) is 20.4 Å². The largest absolute Gasteiger partial charge is 0.508 e. The van der Waals surface area contributed by atoms with Gasteiger partial charge in [-0.05, 0) is 43.7 Å². The van der Waals surface area contributed by atoms with E-state index < -0.39 is 29.0 Å². The number of carbonyl (C=O) groups is 2. The minimum atomic E-state index is -1.24. The summed E-state index contributed by atoms with van der Waals surface area (Å²) in [6.07, 6.45) is 2.21. The number of aromatic hydroxyl groups is 1. The molecule has 10 nitrogen and oxygen atoms in total. The number of aromatic nitrogens is 1. The van der Waals surface area contributed by atoms with Crippen molar-refractivity contribution in [1.29, 1.82) is 0 Å². The number of carbonyl (C=O) groups excluding carboxylic acids is 1. The number of rotatable bonds is 8. The van der Waals surface area contributed by atoms with E-state index in [0.717, 1.165) is 23.9 Å². The molecule has 0 saturated heterocycles. The van der Waals surface area contributed by atoms with Gasteiger partial charge in [0, 0.05) is 24.4 Å². The van der Waals surface area contributed by atoms with Gasteiger partial charge < -0.3 is 25.6 Å². The van der Waals surface area contributed by atoms with Crippen molar-refractivity contribution in [3.05, 3.63) is 78.1 Å². The lowest BCUT2D eigenvalue weighted by molar-refractivity contribution is -0.146. The molecule has 0 spiro atoms. The Morgan fingerprint density at radius 1 is 1.08 bits per heavy atom. The fraction of sp³-hybridized carbons (Fsp3) is 0.200. The first-order valence-electron chi connectivity index (χ1n) is 11.0. The molecule has 37 heavy (non-hydrogen) atoms. The van der Waals surface area contributed by atoms with Crippen LogP contribution in [0.3, 0.4) is 0 Å². The third kappa shape index (κ3) is 8.16. The molecule has 0 radical (unpaired) electrons. The molecule has 12 heteroatoms. The Morgan fingerprint density at radius 2 is 1.81 bits per heavy atom. The van der Waals surface area contributed by atoms with E-state index in [1.54, 1.807) is 12.1 Å². The van der Waals surface area contributed by atoms with Crippen LogP contribution in [0.25, 0.3) is 0 Å². The smallest absolute Gasteiger partial charge is 0.321 e. The highest BCUT2D eigenvalue weighted by Gasteiger charge is 2.27. The second-order valence-corrected chi connectivity index (χ2v) is 8.54. The third-order valence-electron chi connectivity index (χ3n) is 4.93. The summed E-state index contributed by atoms with van der Waals surface area (Å²) in [6, 6.07) is 10.4. The van der Waals surface area contributed by atoms with Crippen molar-refractivity contribution in [2.75, 3.05) is 11.9 Å². The molecule has 1 aromatic heterocycles. The summed E-state index contributed by atoms with van der Waals surface area (Å²) in [7, 11) is 0. The number of amides is 2. The van der Waals surface area contributed by atoms with Gasteiger partial charge in [-0.2, -0.15) is 0 Å². The van der Waals surface area contributed by atoms with Crippen LogP contribution in [0.5, 0.6) is 17.2 Å². The van der Waals surface area contributed by atoms with Gasteiger partial charge in [0.15, 0.2) is 11.6 Å². The SMILES string of the molecule is CC(C)(CN=C(NC(=O)NCc1ccc(O)cc1)Nc1ccc(Oc2cncc(F)c2)c(F)c1)C(=O)O. The number of phenols is 1. The number of hydrogen-bond acceptors (Lipinski definition) is 6. The van der Waals surface area contributed by atoms with Gasteiger partial charge in [-0.1, -0.05) is 12.1 Å². The minimum absolute atomic E-state index is 0.00438. The Balaban J connectivity index is 1.72. The Hall–Kier alpha value is -4.74. The third-order valence-corrected chi connectivity index (χ3v) is 4.93. The van der Waals surface area contributed by atoms with E-state index in [2.05, 4.69) is 25.9 Å². The first kappa shape index (κ1) is 26.9. The van der Waals surface area contributed by atoms with Crippen molar-refractivity contribution in [1.82, 2.24) is 15.6 Å². The summed E-state index contributed by atoms with van der Waals surface area (Å²) in [4.78, 5) is 31.7. The molecule has 3 aromatic rings. The number of ether oxygens (including phenoxy) is 1. The quantitative estimate of drug-likeness (QED) is 0.224. The topological polar surface area (TPSA) is 145 Å². The zero-order valence-electron chi connectivity index (χ0n) is 20.0. The number of carboxylic acid groups (broad SMARTS) is 1. The van der Waals surface area contributed by atoms with E-state index >= 15 is 0 Å². The molecule has 1 heterocycles. The lowest BCUT2D eigenvalue weighted by Crippen LogP contribution is -2.43. The first-order valence-corrected chi connectivity index (χ1v) is 11.0. The fourth-order valence-corrected chi connectivity index (χ4v) is 2.78. The van der Waals surface area contributed by atoms with Crippen LogP contribution >= 0.6 is 0 Å². The highest BCUT2D eigenvalue weighted by molar-refractivity contribution is 6.03. The Morgan fingerprint density at radius 3 is 2.46 bits per heavy atom. The first-order chi connectivity index (χ1) is 17.5. The number of nitrogens with zero attached hydrogens (tertiary/aromatic N) is 2. The lowest BCUT2D eigenvalue weighted by atomic mass is 9.94. The number of halogens is 2. The summed E-state index contributed by atoms with van der Waals surface area (Å²) < 4.78 is 33.3. The minimum Gasteiger partial charge on any atom is -0.508 e. The lowest BCUT2D eigenvalue weighted by Gasteiger charge is -2.18. The number of benzene rings is 2. The number of pyridine rings is 1. The van der Waals surface area contributed by atoms with Gasteiger partial charge >= 0.3 is 12.0 Å². The predicted molar refractivity (Wildman–Crippen MR) is 131 cm³/mol. The molecule has 0 aliphatic carbocycles. The van der Waals surface area contributed by atoms with Crippen molar-refractivity contribution >= 4 is 23.6 Å². The van der Waals surface area contributed by atoms with Gasteiger partial charge in [0.25, 0.3) is 0 Å². The Bertz CT molecular complexity index is 1300. The average Bonchev–Trinajstić information content (AvgIpc) is 2.84. The van der Waals surface area contributed by atoms with Gasteiger partial charge in [-0.25, -0.2) is 13.6 Å². The molecule has 2 amide bonds. The van der Waals surface area contributed by atoms with E-state index in [0.29, 0.717) is 0 Å². The van der Waals surface area contributed by atoms with E-state index in [4.69, 9.17) is 4.74 Å². The van der Waals surface area contributed by atoms with Crippen LogP contribution in [-0.2, 0) is 11.3 Å². The number of aliphatic carboxylic acids is 1. The highest BCUT2D eigenvalue weighted by atomic mass is 19.1. The molecule has 0 unspecified atom stereocenters. The van der Waals surface area contributed by atoms with Crippen LogP contribution in [0.4, 0.5) is 19.3 Å². The molecular weight excluding hydrogens is 488 g/mol. The summed E-state index contributed by atoms with van der Waals surface area (Å²) in [5, 5.41) is 26.6. The zero-order chi connectivity index (χ0) is 27.0. The highest BCUT2D eigenvalue weighted by Crippen LogP contribution is 2.26. The van der Waals surface area contributed by atoms with Gasteiger partial charge in [-0.15, -0.1) is 0 Å². The second kappa shape index (κ2) is 11.8. The van der Waals surface area contributed by atoms with Crippen LogP contribution in [-0.4, -0.2) is 39.7 Å². The number of urea groups is 1. The standard InChI is InChI=1S/C25H25F2N5O5/c1-25(2,22(34)35)14-30-23(32-24(36)29-11-15-3-6-18(33)7-4-15)31-17-5-8-21(20(27)10-17)37-19-9-16(26)12-28-13-19/h3-10,12-13,33H,11,14H2,1-2H3,(H,34,35)(H3,29,30,31,32,36). The van der Waals surface area contributed by atoms with Crippen LogP contribution in [0, 0.1) is 17.0 Å². The summed E-state index contributed by atoms with van der Waals surface area (Å²) >= 11 is 0. The maximum atomic E-state index is 14.7. The number of carboxylic acids is 1. The maximum Gasteiger partial charge on any atom is 0.321 e. The van der Waals surface area contributed by atoms with E-state index in [1.165, 1.54) is 44.3 Å². The number of guanidine groups is 1. The number of hydrogen-bond donors (Lipinski definition) is 5. The molecule has 0 aliphatic rings. The van der Waals surface area contributed by atoms with Crippen LogP contribution in [0.15, 0.2) is 65.9 Å². The molecule has 2 aromatic carbocycles.